The number of hydrogen-bond donors (Lipinski definition) is 0. The predicted molar refractivity (Wildman–Crippen MR) is 117 cm³/mol. The van der Waals surface area contributed by atoms with Crippen LogP contribution in [0, 0.1) is 0 Å². The largest absolute Gasteiger partial charge is 0.490 e. The van der Waals surface area contributed by atoms with Crippen LogP contribution in [-0.2, 0) is 4.79 Å². The van der Waals surface area contributed by atoms with Crippen LogP contribution < -0.4 is 9.75 Å². The summed E-state index contributed by atoms with van der Waals surface area (Å²) in [4.78, 5) is 13.2. The van der Waals surface area contributed by atoms with Crippen molar-refractivity contribution in [2.24, 2.45) is 5.10 Å². The number of hydrogen-bond acceptors (Lipinski definition) is 3. The van der Waals surface area contributed by atoms with Gasteiger partial charge in [-0.3, -0.25) is 4.79 Å². The Balaban J connectivity index is 1.72. The lowest BCUT2D eigenvalue weighted by Crippen LogP contribution is -2.21. The molecule has 0 saturated heterocycles. The molecule has 29 heavy (non-hydrogen) atoms. The molecular weight excluding hydrogens is 360 g/mol. The minimum absolute atomic E-state index is 0.151. The van der Waals surface area contributed by atoms with Gasteiger partial charge in [-0.2, -0.15) is 10.1 Å². The Morgan fingerprint density at radius 1 is 0.897 bits per heavy atom. The molecule has 1 aliphatic heterocycles. The second-order valence-electron chi connectivity index (χ2n) is 6.49. The highest BCUT2D eigenvalue weighted by Gasteiger charge is 2.31. The van der Waals surface area contributed by atoms with Gasteiger partial charge in [-0.25, -0.2) is 0 Å². The average Bonchev–Trinajstić information content (AvgIpc) is 3.10. The molecule has 0 atom stereocenters. The summed E-state index contributed by atoms with van der Waals surface area (Å²) >= 11 is 0. The van der Waals surface area contributed by atoms with Gasteiger partial charge in [-0.15, -0.1) is 0 Å². The van der Waals surface area contributed by atoms with Crippen LogP contribution in [0.5, 0.6) is 5.75 Å². The van der Waals surface area contributed by atoms with E-state index in [4.69, 9.17) is 4.74 Å². The maximum atomic E-state index is 13.2. The first-order chi connectivity index (χ1) is 14.3. The molecule has 1 heterocycles. The summed E-state index contributed by atoms with van der Waals surface area (Å²) in [6.45, 7) is 4.10. The summed E-state index contributed by atoms with van der Waals surface area (Å²) in [5, 5.41) is 6.10. The zero-order valence-electron chi connectivity index (χ0n) is 15.9. The van der Waals surface area contributed by atoms with Crippen molar-refractivity contribution in [1.82, 2.24) is 0 Å². The highest BCUT2D eigenvalue weighted by atomic mass is 16.5. The van der Waals surface area contributed by atoms with Gasteiger partial charge in [-0.1, -0.05) is 73.3 Å². The third kappa shape index (κ3) is 4.01. The van der Waals surface area contributed by atoms with E-state index >= 15 is 0 Å². The van der Waals surface area contributed by atoms with E-state index in [1.54, 1.807) is 6.08 Å². The van der Waals surface area contributed by atoms with Gasteiger partial charge in [-0.05, 0) is 35.9 Å². The molecule has 0 unspecified atom stereocenters. The number of amides is 1. The summed E-state index contributed by atoms with van der Waals surface area (Å²) in [6, 6.07) is 26.8. The summed E-state index contributed by atoms with van der Waals surface area (Å²) < 4.78 is 5.53. The van der Waals surface area contributed by atoms with Gasteiger partial charge in [0.05, 0.1) is 11.3 Å². The lowest BCUT2D eigenvalue weighted by atomic mass is 10.0. The molecular formula is C25H20N2O2. The molecule has 3 aromatic rings. The van der Waals surface area contributed by atoms with Crippen LogP contribution in [0.1, 0.15) is 11.1 Å². The van der Waals surface area contributed by atoms with E-state index in [1.165, 1.54) is 5.01 Å². The fourth-order valence-corrected chi connectivity index (χ4v) is 3.08. The third-order valence-corrected chi connectivity index (χ3v) is 4.48. The standard InChI is InChI=1S/C25H20N2O2/c1-2-17-29-22-15-13-19(14-16-22)18-23-24(20-9-5-3-6-10-20)26-27(25(23)28)21-11-7-4-8-12-21/h2-16,18H,1,17H2/b23-18+. The second-order valence-corrected chi connectivity index (χ2v) is 6.49. The molecule has 0 saturated carbocycles. The Morgan fingerprint density at radius 3 is 2.21 bits per heavy atom. The van der Waals surface area contributed by atoms with Gasteiger partial charge in [0.1, 0.15) is 18.1 Å². The Hall–Kier alpha value is -3.92. The van der Waals surface area contributed by atoms with Crippen molar-refractivity contribution in [2.45, 2.75) is 0 Å². The number of hydrazone groups is 1. The van der Waals surface area contributed by atoms with Crippen LogP contribution in [0.4, 0.5) is 5.69 Å². The summed E-state index contributed by atoms with van der Waals surface area (Å²) in [5.74, 6) is 0.606. The molecule has 0 fully saturated rings. The minimum Gasteiger partial charge on any atom is -0.490 e. The van der Waals surface area contributed by atoms with Crippen molar-refractivity contribution < 1.29 is 9.53 Å². The van der Waals surface area contributed by atoms with Crippen molar-refractivity contribution in [3.05, 3.63) is 114 Å². The molecule has 142 valence electrons. The highest BCUT2D eigenvalue weighted by molar-refractivity contribution is 6.37. The Labute approximate surface area is 170 Å². The summed E-state index contributed by atoms with van der Waals surface area (Å²) in [5.41, 5.74) is 3.75. The van der Waals surface area contributed by atoms with Crippen LogP contribution in [0.3, 0.4) is 0 Å². The summed E-state index contributed by atoms with van der Waals surface area (Å²) in [6.07, 6.45) is 3.57. The number of ether oxygens (including phenoxy) is 1. The van der Waals surface area contributed by atoms with Gasteiger partial charge < -0.3 is 4.74 Å². The van der Waals surface area contributed by atoms with Gasteiger partial charge in [0, 0.05) is 5.56 Å². The van der Waals surface area contributed by atoms with E-state index in [-0.39, 0.29) is 5.91 Å². The number of carbonyl (C=O) groups is 1. The Morgan fingerprint density at radius 2 is 1.55 bits per heavy atom. The van der Waals surface area contributed by atoms with Crippen LogP contribution in [0.15, 0.2) is 108 Å². The molecule has 0 aliphatic carbocycles. The lowest BCUT2D eigenvalue weighted by molar-refractivity contribution is -0.114. The van der Waals surface area contributed by atoms with E-state index < -0.39 is 0 Å². The van der Waals surface area contributed by atoms with Gasteiger partial charge in [0.2, 0.25) is 0 Å². The summed E-state index contributed by atoms with van der Waals surface area (Å²) in [7, 11) is 0. The van der Waals surface area contributed by atoms with Crippen molar-refractivity contribution in [2.75, 3.05) is 11.6 Å². The number of nitrogens with zero attached hydrogens (tertiary/aromatic N) is 2. The van der Waals surface area contributed by atoms with E-state index in [0.717, 1.165) is 22.6 Å². The molecule has 1 aliphatic rings. The maximum Gasteiger partial charge on any atom is 0.281 e. The Bertz CT molecular complexity index is 1070. The SMILES string of the molecule is C=CCOc1ccc(/C=C2/C(=O)N(c3ccccc3)N=C2c2ccccc2)cc1. The molecule has 0 spiro atoms. The first-order valence-corrected chi connectivity index (χ1v) is 9.35. The quantitative estimate of drug-likeness (QED) is 0.442. The molecule has 4 heteroatoms. The lowest BCUT2D eigenvalue weighted by Gasteiger charge is -2.10. The molecule has 0 bridgehead atoms. The topological polar surface area (TPSA) is 41.9 Å². The Kier molecular flexibility index (Phi) is 5.34. The van der Waals surface area contributed by atoms with Gasteiger partial charge in [0.25, 0.3) is 5.91 Å². The fourth-order valence-electron chi connectivity index (χ4n) is 3.08. The molecule has 1 amide bonds. The van der Waals surface area contributed by atoms with Crippen LogP contribution in [0.2, 0.25) is 0 Å². The van der Waals surface area contributed by atoms with E-state index in [9.17, 15) is 4.79 Å². The van der Waals surface area contributed by atoms with Crippen LogP contribution in [0.25, 0.3) is 6.08 Å². The number of anilines is 1. The number of rotatable bonds is 6. The number of benzene rings is 3. The third-order valence-electron chi connectivity index (χ3n) is 4.48. The van der Waals surface area contributed by atoms with Crippen molar-refractivity contribution in [3.8, 4) is 5.75 Å². The van der Waals surface area contributed by atoms with Crippen LogP contribution in [-0.4, -0.2) is 18.2 Å². The van der Waals surface area contributed by atoms with Gasteiger partial charge in [0.15, 0.2) is 0 Å². The average molecular weight is 380 g/mol. The first kappa shape index (κ1) is 18.4. The minimum atomic E-state index is -0.151. The van der Waals surface area contributed by atoms with Crippen LogP contribution >= 0.6 is 0 Å². The fraction of sp³-hybridized carbons (Fsp3) is 0.0400. The normalized spacial score (nSPS) is 14.8. The molecule has 0 aromatic heterocycles. The molecule has 4 nitrogen and oxygen atoms in total. The molecule has 3 aromatic carbocycles. The first-order valence-electron chi connectivity index (χ1n) is 9.35. The zero-order chi connectivity index (χ0) is 20.1. The van der Waals surface area contributed by atoms with Crippen molar-refractivity contribution >= 4 is 23.4 Å². The molecule has 0 N–H and O–H groups in total. The second kappa shape index (κ2) is 8.40. The highest BCUT2D eigenvalue weighted by Crippen LogP contribution is 2.28. The monoisotopic (exact) mass is 380 g/mol. The van der Waals surface area contributed by atoms with Gasteiger partial charge >= 0.3 is 0 Å². The van der Waals surface area contributed by atoms with E-state index in [0.29, 0.717) is 17.9 Å². The smallest absolute Gasteiger partial charge is 0.281 e. The van der Waals surface area contributed by atoms with E-state index in [2.05, 4.69) is 11.7 Å². The van der Waals surface area contributed by atoms with E-state index in [1.807, 2.05) is 91.0 Å². The molecule has 0 radical (unpaired) electrons. The maximum absolute atomic E-state index is 13.2. The number of carbonyl (C=O) groups excluding carboxylic acids is 1. The molecule has 4 rings (SSSR count). The zero-order valence-corrected chi connectivity index (χ0v) is 15.9. The predicted octanol–water partition coefficient (Wildman–Crippen LogP) is 5.09. The number of para-hydroxylation sites is 1. The van der Waals surface area contributed by atoms with Crippen molar-refractivity contribution in [3.63, 3.8) is 0 Å². The van der Waals surface area contributed by atoms with Crippen molar-refractivity contribution in [1.29, 1.82) is 0 Å².